The van der Waals surface area contributed by atoms with E-state index in [0.29, 0.717) is 12.2 Å². The van der Waals surface area contributed by atoms with Gasteiger partial charge in [-0.25, -0.2) is 0 Å². The molecule has 2 heterocycles. The average Bonchev–Trinajstić information content (AvgIpc) is 2.79. The summed E-state index contributed by atoms with van der Waals surface area (Å²) in [7, 11) is 1.45. The van der Waals surface area contributed by atoms with Crippen molar-refractivity contribution in [3.63, 3.8) is 0 Å². The van der Waals surface area contributed by atoms with E-state index in [1.807, 2.05) is 0 Å². The highest BCUT2D eigenvalue weighted by atomic mass is 16.7. The van der Waals surface area contributed by atoms with Crippen molar-refractivity contribution in [1.29, 1.82) is 0 Å². The predicted molar refractivity (Wildman–Crippen MR) is 108 cm³/mol. The van der Waals surface area contributed by atoms with Crippen LogP contribution in [0.3, 0.4) is 0 Å². The second-order valence-electron chi connectivity index (χ2n) is 7.69. The van der Waals surface area contributed by atoms with Crippen LogP contribution in [0.1, 0.15) is 5.56 Å². The Labute approximate surface area is 185 Å². The van der Waals surface area contributed by atoms with Crippen molar-refractivity contribution in [3.05, 3.63) is 36.4 Å². The number of rotatable bonds is 8. The van der Waals surface area contributed by atoms with Crippen LogP contribution < -0.4 is 9.47 Å². The Morgan fingerprint density at radius 1 is 0.969 bits per heavy atom. The first-order valence-electron chi connectivity index (χ1n) is 10.2. The van der Waals surface area contributed by atoms with E-state index in [2.05, 4.69) is 6.58 Å². The van der Waals surface area contributed by atoms with Crippen LogP contribution in [0.15, 0.2) is 30.9 Å². The first-order chi connectivity index (χ1) is 15.3. The molecule has 6 N–H and O–H groups in total. The van der Waals surface area contributed by atoms with Crippen molar-refractivity contribution in [1.82, 2.24) is 0 Å². The van der Waals surface area contributed by atoms with Crippen LogP contribution in [-0.2, 0) is 20.6 Å². The maximum Gasteiger partial charge on any atom is 0.229 e. The summed E-state index contributed by atoms with van der Waals surface area (Å²) in [6, 6.07) is 5.14. The maximum atomic E-state index is 10.3. The number of aliphatic hydroxyl groups excluding tert-OH is 6. The Bertz CT molecular complexity index is 759. The largest absolute Gasteiger partial charge is 0.493 e. The van der Waals surface area contributed by atoms with Gasteiger partial charge < -0.3 is 54.3 Å². The molecule has 0 unspecified atom stereocenters. The Hall–Kier alpha value is -1.80. The number of hydrogen-bond acceptors (Lipinski definition) is 11. The summed E-state index contributed by atoms with van der Waals surface area (Å²) in [6.07, 6.45) is -10.4. The zero-order valence-electron chi connectivity index (χ0n) is 17.6. The van der Waals surface area contributed by atoms with E-state index in [1.54, 1.807) is 24.3 Å². The molecule has 11 heteroatoms. The van der Waals surface area contributed by atoms with Gasteiger partial charge in [0.05, 0.1) is 20.3 Å². The van der Waals surface area contributed by atoms with Crippen molar-refractivity contribution < 1.29 is 54.3 Å². The minimum atomic E-state index is -1.61. The third-order valence-corrected chi connectivity index (χ3v) is 5.40. The summed E-state index contributed by atoms with van der Waals surface area (Å²) < 4.78 is 27.2. The zero-order valence-corrected chi connectivity index (χ0v) is 17.6. The summed E-state index contributed by atoms with van der Waals surface area (Å²) in [5.74, 6) is 0.621. The molecule has 0 aliphatic carbocycles. The van der Waals surface area contributed by atoms with Gasteiger partial charge in [-0.2, -0.15) is 0 Å². The lowest BCUT2D eigenvalue weighted by atomic mass is 9.99. The molecule has 32 heavy (non-hydrogen) atoms. The SMILES string of the molecule is C=CCc1ccc(O[C@H]2O[C@H](CO[C@@H]3OC[C@@H](O)[C@H](O)[C@@H]3O)[C@H](O)[C@@H](O)[C@H]2O)c(OC)c1. The fourth-order valence-electron chi connectivity index (χ4n) is 3.50. The molecule has 1 aromatic rings. The Morgan fingerprint density at radius 2 is 1.69 bits per heavy atom. The summed E-state index contributed by atoms with van der Waals surface area (Å²) in [4.78, 5) is 0. The van der Waals surface area contributed by atoms with Crippen LogP contribution in [0.4, 0.5) is 0 Å². The molecule has 0 saturated carbocycles. The third-order valence-electron chi connectivity index (χ3n) is 5.40. The van der Waals surface area contributed by atoms with Crippen LogP contribution >= 0.6 is 0 Å². The van der Waals surface area contributed by atoms with E-state index in [0.717, 1.165) is 5.56 Å². The molecule has 0 amide bonds. The summed E-state index contributed by atoms with van der Waals surface area (Å²) >= 11 is 0. The van der Waals surface area contributed by atoms with Gasteiger partial charge in [0.1, 0.15) is 42.7 Å². The van der Waals surface area contributed by atoms with Crippen LogP contribution in [0.25, 0.3) is 0 Å². The summed E-state index contributed by atoms with van der Waals surface area (Å²) in [5, 5.41) is 60.1. The molecule has 0 spiro atoms. The molecule has 2 saturated heterocycles. The van der Waals surface area contributed by atoms with Crippen molar-refractivity contribution in [2.45, 2.75) is 61.7 Å². The predicted octanol–water partition coefficient (Wildman–Crippen LogP) is -1.93. The summed E-state index contributed by atoms with van der Waals surface area (Å²) in [5.41, 5.74) is 0.925. The Balaban J connectivity index is 1.67. The van der Waals surface area contributed by atoms with Crippen LogP contribution in [-0.4, -0.2) is 106 Å². The number of allylic oxidation sites excluding steroid dienone is 1. The van der Waals surface area contributed by atoms with Gasteiger partial charge in [0.15, 0.2) is 17.8 Å². The smallest absolute Gasteiger partial charge is 0.229 e. The number of hydrogen-bond donors (Lipinski definition) is 6. The number of methoxy groups -OCH3 is 1. The van der Waals surface area contributed by atoms with E-state index in [-0.39, 0.29) is 19.0 Å². The molecular weight excluding hydrogens is 428 g/mol. The van der Waals surface area contributed by atoms with E-state index in [1.165, 1.54) is 7.11 Å². The van der Waals surface area contributed by atoms with Gasteiger partial charge in [-0.3, -0.25) is 0 Å². The van der Waals surface area contributed by atoms with Crippen molar-refractivity contribution in [3.8, 4) is 11.5 Å². The second kappa shape index (κ2) is 10.9. The van der Waals surface area contributed by atoms with Crippen molar-refractivity contribution >= 4 is 0 Å². The van der Waals surface area contributed by atoms with E-state index < -0.39 is 55.3 Å². The topological polar surface area (TPSA) is 168 Å². The molecule has 11 nitrogen and oxygen atoms in total. The highest BCUT2D eigenvalue weighted by Crippen LogP contribution is 2.32. The monoisotopic (exact) mass is 458 g/mol. The van der Waals surface area contributed by atoms with Crippen LogP contribution in [0.5, 0.6) is 11.5 Å². The molecule has 0 bridgehead atoms. The van der Waals surface area contributed by atoms with E-state index in [4.69, 9.17) is 23.7 Å². The lowest BCUT2D eigenvalue weighted by Crippen LogP contribution is -2.61. The highest BCUT2D eigenvalue weighted by molar-refractivity contribution is 5.43. The Kier molecular flexibility index (Phi) is 8.44. The molecule has 0 aromatic heterocycles. The fraction of sp³-hybridized carbons (Fsp3) is 0.619. The molecule has 1 aromatic carbocycles. The van der Waals surface area contributed by atoms with Gasteiger partial charge in [-0.15, -0.1) is 6.58 Å². The molecule has 2 aliphatic rings. The molecule has 9 atom stereocenters. The van der Waals surface area contributed by atoms with Crippen LogP contribution in [0, 0.1) is 0 Å². The molecule has 2 fully saturated rings. The lowest BCUT2D eigenvalue weighted by molar-refractivity contribution is -0.307. The van der Waals surface area contributed by atoms with E-state index >= 15 is 0 Å². The maximum absolute atomic E-state index is 10.3. The molecule has 2 aliphatic heterocycles. The standard InChI is InChI=1S/C21H30O11/c1-3-4-10-5-6-12(13(7-10)28-2)31-21-19(27)17(25)16(24)14(32-21)9-30-20-18(26)15(23)11(22)8-29-20/h3,5-7,11,14-27H,1,4,8-9H2,2H3/t11-,14-,15+,16+,17-,18+,19-,20+,21+/m1/s1. The van der Waals surface area contributed by atoms with Crippen molar-refractivity contribution in [2.24, 2.45) is 0 Å². The van der Waals surface area contributed by atoms with Gasteiger partial charge in [-0.1, -0.05) is 12.1 Å². The minimum absolute atomic E-state index is 0.246. The summed E-state index contributed by atoms with van der Waals surface area (Å²) in [6.45, 7) is 3.06. The zero-order chi connectivity index (χ0) is 23.4. The molecule has 0 radical (unpaired) electrons. The number of aliphatic hydroxyl groups is 6. The highest BCUT2D eigenvalue weighted by Gasteiger charge is 2.46. The Morgan fingerprint density at radius 3 is 2.38 bits per heavy atom. The lowest BCUT2D eigenvalue weighted by Gasteiger charge is -2.41. The first-order valence-corrected chi connectivity index (χ1v) is 10.2. The van der Waals surface area contributed by atoms with Gasteiger partial charge in [0.2, 0.25) is 6.29 Å². The quantitative estimate of drug-likeness (QED) is 0.240. The normalized spacial score (nSPS) is 37.7. The van der Waals surface area contributed by atoms with Gasteiger partial charge >= 0.3 is 0 Å². The second-order valence-corrected chi connectivity index (χ2v) is 7.69. The van der Waals surface area contributed by atoms with E-state index in [9.17, 15) is 30.6 Å². The number of ether oxygens (including phenoxy) is 5. The molecule has 3 rings (SSSR count). The van der Waals surface area contributed by atoms with Gasteiger partial charge in [0, 0.05) is 0 Å². The molecular formula is C21H30O11. The van der Waals surface area contributed by atoms with Gasteiger partial charge in [-0.05, 0) is 24.1 Å². The average molecular weight is 458 g/mol. The fourth-order valence-corrected chi connectivity index (χ4v) is 3.50. The van der Waals surface area contributed by atoms with Crippen molar-refractivity contribution in [2.75, 3.05) is 20.3 Å². The minimum Gasteiger partial charge on any atom is -0.493 e. The van der Waals surface area contributed by atoms with Gasteiger partial charge in [0.25, 0.3) is 0 Å². The third kappa shape index (κ3) is 5.39. The van der Waals surface area contributed by atoms with Crippen LogP contribution in [0.2, 0.25) is 0 Å². The first kappa shape index (κ1) is 24.8. The molecule has 180 valence electrons. The number of benzene rings is 1.